The maximum Gasteiger partial charge on any atom is 0.143 e. The topological polar surface area (TPSA) is 23.0 Å². The van der Waals surface area contributed by atoms with E-state index >= 15 is 0 Å². The molecule has 0 saturated heterocycles. The summed E-state index contributed by atoms with van der Waals surface area (Å²) in [5.74, 6) is 0. The van der Waals surface area contributed by atoms with E-state index in [9.17, 15) is 0 Å². The Labute approximate surface area is 306 Å². The maximum atomic E-state index is 6.84. The van der Waals surface area contributed by atoms with Gasteiger partial charge in [0.1, 0.15) is 11.2 Å². The highest BCUT2D eigenvalue weighted by atomic mass is 16.3. The Bertz CT molecular complexity index is 3130. The van der Waals surface area contributed by atoms with Crippen LogP contribution in [-0.4, -0.2) is 9.13 Å². The zero-order chi connectivity index (χ0) is 34.9. The van der Waals surface area contributed by atoms with Crippen LogP contribution in [0.2, 0.25) is 0 Å². The van der Waals surface area contributed by atoms with E-state index in [1.54, 1.807) is 0 Å². The Balaban J connectivity index is 1.03. The van der Waals surface area contributed by atoms with Crippen molar-refractivity contribution in [3.05, 3.63) is 194 Å². The first-order valence-electron chi connectivity index (χ1n) is 18.1. The van der Waals surface area contributed by atoms with E-state index in [1.165, 1.54) is 43.8 Å². The molecule has 0 spiro atoms. The van der Waals surface area contributed by atoms with Gasteiger partial charge in [-0.05, 0) is 64.7 Å². The molecular formula is C50H32N2O. The van der Waals surface area contributed by atoms with Crippen molar-refractivity contribution >= 4 is 54.6 Å². The zero-order valence-corrected chi connectivity index (χ0v) is 28.8. The minimum atomic E-state index is 0.907. The molecule has 0 amide bonds. The summed E-state index contributed by atoms with van der Waals surface area (Å²) in [4.78, 5) is 0. The van der Waals surface area contributed by atoms with Gasteiger partial charge in [0.15, 0.2) is 0 Å². The van der Waals surface area contributed by atoms with Crippen molar-refractivity contribution < 1.29 is 4.42 Å². The molecule has 11 rings (SSSR count). The lowest BCUT2D eigenvalue weighted by Gasteiger charge is -2.11. The second kappa shape index (κ2) is 11.7. The molecule has 0 unspecified atom stereocenters. The fraction of sp³-hybridized carbons (Fsp3) is 0. The Kier molecular flexibility index (Phi) is 6.55. The average Bonchev–Trinajstić information content (AvgIpc) is 3.94. The number of nitrogens with zero attached hydrogens (tertiary/aromatic N) is 2. The molecule has 53 heavy (non-hydrogen) atoms. The van der Waals surface area contributed by atoms with E-state index in [0.717, 1.165) is 55.6 Å². The van der Waals surface area contributed by atoms with Crippen LogP contribution in [-0.2, 0) is 0 Å². The number of rotatable bonds is 5. The molecule has 0 bridgehead atoms. The Morgan fingerprint density at radius 1 is 0.321 bits per heavy atom. The van der Waals surface area contributed by atoms with Crippen LogP contribution in [0.5, 0.6) is 0 Å². The minimum Gasteiger partial charge on any atom is -0.455 e. The van der Waals surface area contributed by atoms with Crippen LogP contribution in [0, 0.1) is 0 Å². The number of para-hydroxylation sites is 4. The second-order valence-electron chi connectivity index (χ2n) is 13.7. The van der Waals surface area contributed by atoms with Gasteiger partial charge in [-0.2, -0.15) is 0 Å². The number of aromatic nitrogens is 2. The van der Waals surface area contributed by atoms with Gasteiger partial charge in [0.2, 0.25) is 0 Å². The van der Waals surface area contributed by atoms with Crippen molar-refractivity contribution in [3.63, 3.8) is 0 Å². The maximum absolute atomic E-state index is 6.84. The molecule has 11 aromatic rings. The summed E-state index contributed by atoms with van der Waals surface area (Å²) < 4.78 is 11.5. The largest absolute Gasteiger partial charge is 0.455 e. The van der Waals surface area contributed by atoms with Crippen molar-refractivity contribution in [2.45, 2.75) is 0 Å². The Hall–Kier alpha value is -7.10. The normalized spacial score (nSPS) is 11.8. The highest BCUT2D eigenvalue weighted by Crippen LogP contribution is 2.42. The van der Waals surface area contributed by atoms with Gasteiger partial charge in [0, 0.05) is 55.6 Å². The third-order valence-corrected chi connectivity index (χ3v) is 10.8. The first-order chi connectivity index (χ1) is 26.3. The predicted molar refractivity (Wildman–Crippen MR) is 221 cm³/mol. The molecule has 0 aliphatic heterocycles. The molecule has 0 aliphatic rings. The molecule has 3 heteroatoms. The smallest absolute Gasteiger partial charge is 0.143 e. The number of hydrogen-bond donors (Lipinski definition) is 0. The quantitative estimate of drug-likeness (QED) is 0.178. The fourth-order valence-corrected chi connectivity index (χ4v) is 8.30. The lowest BCUT2D eigenvalue weighted by molar-refractivity contribution is 0.671. The molecule has 0 fully saturated rings. The van der Waals surface area contributed by atoms with Crippen LogP contribution in [0.1, 0.15) is 0 Å². The molecule has 3 nitrogen and oxygen atoms in total. The molecule has 248 valence electrons. The summed E-state index contributed by atoms with van der Waals surface area (Å²) in [5, 5.41) is 5.97. The monoisotopic (exact) mass is 676 g/mol. The van der Waals surface area contributed by atoms with E-state index in [2.05, 4.69) is 203 Å². The minimum absolute atomic E-state index is 0.907. The first-order valence-corrected chi connectivity index (χ1v) is 18.1. The van der Waals surface area contributed by atoms with Gasteiger partial charge >= 0.3 is 0 Å². The van der Waals surface area contributed by atoms with Crippen LogP contribution in [0.3, 0.4) is 0 Å². The van der Waals surface area contributed by atoms with Crippen molar-refractivity contribution in [2.75, 3.05) is 0 Å². The molecule has 8 aromatic carbocycles. The van der Waals surface area contributed by atoms with Crippen LogP contribution in [0.4, 0.5) is 0 Å². The van der Waals surface area contributed by atoms with E-state index in [0.29, 0.717) is 0 Å². The fourth-order valence-electron chi connectivity index (χ4n) is 8.30. The number of hydrogen-bond acceptors (Lipinski definition) is 1. The van der Waals surface area contributed by atoms with Crippen molar-refractivity contribution in [1.29, 1.82) is 0 Å². The third-order valence-electron chi connectivity index (χ3n) is 10.8. The van der Waals surface area contributed by atoms with Gasteiger partial charge in [-0.1, -0.05) is 146 Å². The summed E-state index contributed by atoms with van der Waals surface area (Å²) in [6.45, 7) is 0. The van der Waals surface area contributed by atoms with Gasteiger partial charge in [0.05, 0.1) is 16.6 Å². The SMILES string of the molecule is c1ccc(-c2ccc(-c3cccc4c3oc3c(-c5ccc(-n6c7ccccc7c7ccc8c(ccn8-c8ccccc8)c76)cc5)cccc34)cc2)cc1. The summed E-state index contributed by atoms with van der Waals surface area (Å²) >= 11 is 0. The van der Waals surface area contributed by atoms with E-state index in [4.69, 9.17) is 4.42 Å². The van der Waals surface area contributed by atoms with Crippen molar-refractivity contribution in [3.8, 4) is 44.8 Å². The summed E-state index contributed by atoms with van der Waals surface area (Å²) in [6.07, 6.45) is 2.18. The number of furan rings is 1. The van der Waals surface area contributed by atoms with Crippen LogP contribution < -0.4 is 0 Å². The summed E-state index contributed by atoms with van der Waals surface area (Å²) in [7, 11) is 0. The highest BCUT2D eigenvalue weighted by molar-refractivity contribution is 6.18. The molecular weight excluding hydrogens is 645 g/mol. The molecule has 0 N–H and O–H groups in total. The van der Waals surface area contributed by atoms with Crippen molar-refractivity contribution in [2.24, 2.45) is 0 Å². The molecule has 0 aliphatic carbocycles. The molecule has 3 aromatic heterocycles. The van der Waals surface area contributed by atoms with Crippen LogP contribution in [0.25, 0.3) is 99.4 Å². The molecule has 0 atom stereocenters. The van der Waals surface area contributed by atoms with Crippen molar-refractivity contribution in [1.82, 2.24) is 9.13 Å². The highest BCUT2D eigenvalue weighted by Gasteiger charge is 2.19. The Morgan fingerprint density at radius 3 is 1.58 bits per heavy atom. The van der Waals surface area contributed by atoms with Gasteiger partial charge < -0.3 is 13.6 Å². The summed E-state index contributed by atoms with van der Waals surface area (Å²) in [5.41, 5.74) is 14.5. The van der Waals surface area contributed by atoms with Gasteiger partial charge in [-0.15, -0.1) is 0 Å². The molecule has 0 saturated carbocycles. The van der Waals surface area contributed by atoms with E-state index in [-0.39, 0.29) is 0 Å². The van der Waals surface area contributed by atoms with Crippen LogP contribution in [0.15, 0.2) is 199 Å². The van der Waals surface area contributed by atoms with E-state index in [1.807, 2.05) is 0 Å². The standard InChI is InChI=1S/C50H32N2O/c1-3-11-33(12-4-1)34-21-23-35(24-22-34)39-16-9-18-43-44-19-10-17-40(50(44)53-49(39)43)36-25-27-38(28-26-36)52-47-20-8-7-15-41(47)42-29-30-46-45(48(42)52)31-32-51(46)37-13-5-2-6-14-37/h1-32H. The van der Waals surface area contributed by atoms with Gasteiger partial charge in [-0.3, -0.25) is 0 Å². The molecule has 3 heterocycles. The zero-order valence-electron chi connectivity index (χ0n) is 28.8. The Morgan fingerprint density at radius 2 is 0.887 bits per heavy atom. The average molecular weight is 677 g/mol. The number of benzene rings is 8. The molecule has 0 radical (unpaired) electrons. The van der Waals surface area contributed by atoms with E-state index < -0.39 is 0 Å². The van der Waals surface area contributed by atoms with Crippen LogP contribution >= 0.6 is 0 Å². The number of fused-ring (bicyclic) bond motifs is 8. The van der Waals surface area contributed by atoms with Gasteiger partial charge in [-0.25, -0.2) is 0 Å². The predicted octanol–water partition coefficient (Wildman–Crippen LogP) is 13.6. The lowest BCUT2D eigenvalue weighted by atomic mass is 9.98. The lowest BCUT2D eigenvalue weighted by Crippen LogP contribution is -1.95. The third kappa shape index (κ3) is 4.61. The van der Waals surface area contributed by atoms with Gasteiger partial charge in [0.25, 0.3) is 0 Å². The summed E-state index contributed by atoms with van der Waals surface area (Å²) in [6, 6.07) is 67.3. The first kappa shape index (κ1) is 29.6. The second-order valence-corrected chi connectivity index (χ2v) is 13.7.